The Hall–Kier alpha value is -2.14. The molecule has 1 aliphatic heterocycles. The molecular weight excluding hydrogens is 245 g/mol. The van der Waals surface area contributed by atoms with Crippen LogP contribution in [0.4, 0.5) is 4.39 Å². The highest BCUT2D eigenvalue weighted by Gasteiger charge is 2.21. The zero-order chi connectivity index (χ0) is 13.2. The lowest BCUT2D eigenvalue weighted by atomic mass is 10.1. The first-order valence-electron chi connectivity index (χ1n) is 6.19. The van der Waals surface area contributed by atoms with Crippen molar-refractivity contribution in [1.82, 2.24) is 15.6 Å². The maximum atomic E-state index is 12.9. The Morgan fingerprint density at radius 1 is 1.21 bits per heavy atom. The number of rotatable bonds is 3. The predicted molar refractivity (Wildman–Crippen MR) is 70.3 cm³/mol. The van der Waals surface area contributed by atoms with Gasteiger partial charge in [0, 0.05) is 19.3 Å². The molecule has 1 saturated heterocycles. The average Bonchev–Trinajstić information content (AvgIpc) is 2.84. The molecule has 1 aromatic heterocycles. The smallest absolute Gasteiger partial charge is 0.253 e. The Kier molecular flexibility index (Phi) is 3.05. The van der Waals surface area contributed by atoms with Crippen LogP contribution in [0.2, 0.25) is 0 Å². The summed E-state index contributed by atoms with van der Waals surface area (Å²) in [6, 6.07) is 8.01. The molecule has 3 N–H and O–H groups in total. The molecule has 0 saturated carbocycles. The van der Waals surface area contributed by atoms with Crippen LogP contribution in [0, 0.1) is 5.82 Å². The maximum absolute atomic E-state index is 12.9. The summed E-state index contributed by atoms with van der Waals surface area (Å²) in [7, 11) is 0. The van der Waals surface area contributed by atoms with Gasteiger partial charge in [-0.2, -0.15) is 0 Å². The Morgan fingerprint density at radius 2 is 1.95 bits per heavy atom. The molecule has 0 unspecified atom stereocenters. The molecule has 1 aliphatic rings. The highest BCUT2D eigenvalue weighted by Crippen LogP contribution is 2.22. The molecule has 19 heavy (non-hydrogen) atoms. The third-order valence-corrected chi connectivity index (χ3v) is 3.24. The van der Waals surface area contributed by atoms with E-state index in [0.717, 1.165) is 18.7 Å². The zero-order valence-corrected chi connectivity index (χ0v) is 10.2. The van der Waals surface area contributed by atoms with Gasteiger partial charge in [0.05, 0.1) is 17.3 Å². The maximum Gasteiger partial charge on any atom is 0.253 e. The van der Waals surface area contributed by atoms with Crippen LogP contribution < -0.4 is 10.6 Å². The summed E-state index contributed by atoms with van der Waals surface area (Å²) in [5.74, 6) is -0.395. The first kappa shape index (κ1) is 11.9. The molecule has 0 atom stereocenters. The molecule has 0 radical (unpaired) electrons. The first-order chi connectivity index (χ1) is 9.24. The van der Waals surface area contributed by atoms with E-state index >= 15 is 0 Å². The van der Waals surface area contributed by atoms with E-state index in [9.17, 15) is 9.18 Å². The highest BCUT2D eigenvalue weighted by atomic mass is 19.1. The lowest BCUT2D eigenvalue weighted by Crippen LogP contribution is -2.56. The fourth-order valence-corrected chi connectivity index (χ4v) is 2.07. The van der Waals surface area contributed by atoms with Crippen LogP contribution in [0.1, 0.15) is 10.4 Å². The third kappa shape index (κ3) is 2.37. The predicted octanol–water partition coefficient (Wildman–Crippen LogP) is 1.52. The van der Waals surface area contributed by atoms with Gasteiger partial charge in [-0.1, -0.05) is 0 Å². The van der Waals surface area contributed by atoms with E-state index < -0.39 is 0 Å². The van der Waals surface area contributed by atoms with E-state index in [4.69, 9.17) is 0 Å². The number of carbonyl (C=O) groups is 1. The lowest BCUT2D eigenvalue weighted by Gasteiger charge is -2.27. The first-order valence-corrected chi connectivity index (χ1v) is 6.19. The number of halogens is 1. The standard InChI is InChI=1S/C14H14FN3O/c15-10-3-1-9(2-4-10)13-12(5-6-17-13)14(19)18-11-7-16-8-11/h1-6,11,16-17H,7-8H2,(H,18,19). The number of aromatic amines is 1. The molecule has 5 heteroatoms. The van der Waals surface area contributed by atoms with Gasteiger partial charge in [0.25, 0.3) is 5.91 Å². The van der Waals surface area contributed by atoms with Gasteiger partial charge in [0.1, 0.15) is 5.82 Å². The number of aromatic nitrogens is 1. The molecule has 0 spiro atoms. The van der Waals surface area contributed by atoms with Gasteiger partial charge in [-0.15, -0.1) is 0 Å². The van der Waals surface area contributed by atoms with E-state index in [1.807, 2.05) is 0 Å². The minimum atomic E-state index is -0.290. The van der Waals surface area contributed by atoms with Crippen LogP contribution in [-0.4, -0.2) is 30.0 Å². The topological polar surface area (TPSA) is 56.9 Å². The summed E-state index contributed by atoms with van der Waals surface area (Å²) in [4.78, 5) is 15.2. The van der Waals surface area contributed by atoms with Crippen LogP contribution in [-0.2, 0) is 0 Å². The van der Waals surface area contributed by atoms with Crippen molar-refractivity contribution in [2.75, 3.05) is 13.1 Å². The van der Waals surface area contributed by atoms with Gasteiger partial charge in [0.15, 0.2) is 0 Å². The van der Waals surface area contributed by atoms with E-state index in [2.05, 4.69) is 15.6 Å². The van der Waals surface area contributed by atoms with Gasteiger partial charge in [-0.25, -0.2) is 4.39 Å². The van der Waals surface area contributed by atoms with Crippen molar-refractivity contribution in [3.05, 3.63) is 47.9 Å². The van der Waals surface area contributed by atoms with Gasteiger partial charge in [-0.05, 0) is 35.9 Å². The molecule has 3 rings (SSSR count). The second-order valence-corrected chi connectivity index (χ2v) is 4.60. The highest BCUT2D eigenvalue weighted by molar-refractivity contribution is 6.00. The zero-order valence-electron chi connectivity index (χ0n) is 10.2. The minimum absolute atomic E-state index is 0.105. The number of carbonyl (C=O) groups excluding carboxylic acids is 1. The summed E-state index contributed by atoms with van der Waals surface area (Å²) in [6.07, 6.45) is 1.71. The van der Waals surface area contributed by atoms with Crippen molar-refractivity contribution < 1.29 is 9.18 Å². The number of hydrogen-bond donors (Lipinski definition) is 3. The van der Waals surface area contributed by atoms with Gasteiger partial charge in [0.2, 0.25) is 0 Å². The van der Waals surface area contributed by atoms with Crippen LogP contribution in [0.5, 0.6) is 0 Å². The molecule has 0 bridgehead atoms. The molecular formula is C14H14FN3O. The van der Waals surface area contributed by atoms with Crippen LogP contribution in [0.3, 0.4) is 0 Å². The summed E-state index contributed by atoms with van der Waals surface area (Å²) < 4.78 is 12.9. The van der Waals surface area contributed by atoms with Gasteiger partial charge in [-0.3, -0.25) is 4.79 Å². The average molecular weight is 259 g/mol. The van der Waals surface area contributed by atoms with Crippen molar-refractivity contribution in [3.63, 3.8) is 0 Å². The van der Waals surface area contributed by atoms with Crippen LogP contribution >= 0.6 is 0 Å². The summed E-state index contributed by atoms with van der Waals surface area (Å²) in [5.41, 5.74) is 2.09. The van der Waals surface area contributed by atoms with Gasteiger partial charge >= 0.3 is 0 Å². The number of hydrogen-bond acceptors (Lipinski definition) is 2. The van der Waals surface area contributed by atoms with E-state index in [1.54, 1.807) is 24.4 Å². The molecule has 2 aromatic rings. The Bertz CT molecular complexity index is 587. The molecule has 1 aromatic carbocycles. The lowest BCUT2D eigenvalue weighted by molar-refractivity contribution is 0.0925. The summed E-state index contributed by atoms with van der Waals surface area (Å²) >= 11 is 0. The normalized spacial score (nSPS) is 15.0. The second-order valence-electron chi connectivity index (χ2n) is 4.60. The van der Waals surface area contributed by atoms with Crippen molar-refractivity contribution in [2.24, 2.45) is 0 Å². The van der Waals surface area contributed by atoms with Crippen LogP contribution in [0.15, 0.2) is 36.5 Å². The third-order valence-electron chi connectivity index (χ3n) is 3.24. The monoisotopic (exact) mass is 259 g/mol. The minimum Gasteiger partial charge on any atom is -0.361 e. The van der Waals surface area contributed by atoms with Crippen molar-refractivity contribution >= 4 is 5.91 Å². The van der Waals surface area contributed by atoms with Gasteiger partial charge < -0.3 is 15.6 Å². The number of H-pyrrole nitrogens is 1. The fraction of sp³-hybridized carbons (Fsp3) is 0.214. The van der Waals surface area contributed by atoms with E-state index in [-0.39, 0.29) is 17.8 Å². The second kappa shape index (κ2) is 4.85. The number of amides is 1. The molecule has 1 fully saturated rings. The fourth-order valence-electron chi connectivity index (χ4n) is 2.07. The molecule has 1 amide bonds. The molecule has 2 heterocycles. The Labute approximate surface area is 110 Å². The number of nitrogens with one attached hydrogen (secondary N) is 3. The quantitative estimate of drug-likeness (QED) is 0.782. The molecule has 98 valence electrons. The number of benzene rings is 1. The SMILES string of the molecule is O=C(NC1CNC1)c1cc[nH]c1-c1ccc(F)cc1. The Morgan fingerprint density at radius 3 is 2.58 bits per heavy atom. The van der Waals surface area contributed by atoms with Crippen molar-refractivity contribution in [3.8, 4) is 11.3 Å². The molecule has 4 nitrogen and oxygen atoms in total. The van der Waals surface area contributed by atoms with Crippen molar-refractivity contribution in [2.45, 2.75) is 6.04 Å². The largest absolute Gasteiger partial charge is 0.361 e. The van der Waals surface area contributed by atoms with E-state index in [0.29, 0.717) is 11.3 Å². The Balaban J connectivity index is 1.84. The van der Waals surface area contributed by atoms with Crippen LogP contribution in [0.25, 0.3) is 11.3 Å². The van der Waals surface area contributed by atoms with E-state index in [1.165, 1.54) is 12.1 Å². The van der Waals surface area contributed by atoms with Crippen molar-refractivity contribution in [1.29, 1.82) is 0 Å². The summed E-state index contributed by atoms with van der Waals surface area (Å²) in [5, 5.41) is 6.04. The summed E-state index contributed by atoms with van der Waals surface area (Å²) in [6.45, 7) is 1.62. The molecule has 0 aliphatic carbocycles.